The highest BCUT2D eigenvalue weighted by atomic mass is 32.2. The molecule has 0 spiro atoms. The normalized spacial score (nSPS) is 11.3. The Kier molecular flexibility index (Phi) is 5.84. The van der Waals surface area contributed by atoms with Crippen LogP contribution in [-0.4, -0.2) is 33.3 Å². The van der Waals surface area contributed by atoms with Gasteiger partial charge >= 0.3 is 0 Å². The Morgan fingerprint density at radius 1 is 1.39 bits per heavy atom. The van der Waals surface area contributed by atoms with Crippen LogP contribution < -0.4 is 4.72 Å². The van der Waals surface area contributed by atoms with E-state index < -0.39 is 10.0 Å². The summed E-state index contributed by atoms with van der Waals surface area (Å²) in [4.78, 5) is 0.0357. The van der Waals surface area contributed by atoms with Crippen molar-refractivity contribution in [1.29, 1.82) is 0 Å². The second-order valence-electron chi connectivity index (χ2n) is 3.58. The van der Waals surface area contributed by atoms with Gasteiger partial charge in [-0.1, -0.05) is 12.1 Å². The lowest BCUT2D eigenvalue weighted by Crippen LogP contribution is -2.27. The zero-order valence-corrected chi connectivity index (χ0v) is 10.8. The van der Waals surface area contributed by atoms with Crippen molar-refractivity contribution in [3.63, 3.8) is 0 Å². The molecule has 0 saturated carbocycles. The number of phenolic OH excluding ortho intramolecular Hbond substituents is 1. The number of aromatic hydroxyl groups is 1. The van der Waals surface area contributed by atoms with Gasteiger partial charge in [-0.05, 0) is 24.6 Å². The summed E-state index contributed by atoms with van der Waals surface area (Å²) in [7, 11) is -3.59. The van der Waals surface area contributed by atoms with Crippen molar-refractivity contribution < 1.29 is 18.3 Å². The van der Waals surface area contributed by atoms with Crippen LogP contribution in [0.2, 0.25) is 0 Å². The number of rotatable bonds is 8. The summed E-state index contributed by atoms with van der Waals surface area (Å²) in [5.74, 6) is -0.0832. The molecular formula is C12H17NO4S. The van der Waals surface area contributed by atoms with E-state index in [9.17, 15) is 13.5 Å². The molecule has 18 heavy (non-hydrogen) atoms. The Balaban J connectivity index is 2.43. The van der Waals surface area contributed by atoms with E-state index in [1.807, 2.05) is 0 Å². The van der Waals surface area contributed by atoms with Crippen molar-refractivity contribution in [2.45, 2.75) is 11.3 Å². The molecule has 100 valence electrons. The van der Waals surface area contributed by atoms with Crippen molar-refractivity contribution in [3.8, 4) is 5.75 Å². The van der Waals surface area contributed by atoms with Crippen molar-refractivity contribution in [3.05, 3.63) is 36.9 Å². The zero-order valence-electron chi connectivity index (χ0n) is 10.0. The van der Waals surface area contributed by atoms with E-state index in [1.165, 1.54) is 24.3 Å². The molecule has 0 saturated heterocycles. The number of hydrogen-bond acceptors (Lipinski definition) is 4. The maximum absolute atomic E-state index is 11.8. The number of hydrogen-bond donors (Lipinski definition) is 2. The average molecular weight is 271 g/mol. The van der Waals surface area contributed by atoms with Gasteiger partial charge in [0.05, 0.1) is 18.1 Å². The molecule has 6 heteroatoms. The van der Waals surface area contributed by atoms with Crippen LogP contribution in [0.1, 0.15) is 6.42 Å². The Labute approximate surface area is 107 Å². The number of nitrogens with one attached hydrogen (secondary N) is 1. The van der Waals surface area contributed by atoms with E-state index in [1.54, 1.807) is 6.08 Å². The van der Waals surface area contributed by atoms with E-state index >= 15 is 0 Å². The second-order valence-corrected chi connectivity index (χ2v) is 5.35. The van der Waals surface area contributed by atoms with Gasteiger partial charge in [-0.3, -0.25) is 0 Å². The molecule has 0 amide bonds. The molecule has 0 aliphatic heterocycles. The summed E-state index contributed by atoms with van der Waals surface area (Å²) >= 11 is 0. The third kappa shape index (κ3) is 4.87. The van der Waals surface area contributed by atoms with Gasteiger partial charge in [0, 0.05) is 6.54 Å². The van der Waals surface area contributed by atoms with Gasteiger partial charge in [0.2, 0.25) is 10.0 Å². The molecule has 1 rings (SSSR count). The first-order chi connectivity index (χ1) is 8.56. The van der Waals surface area contributed by atoms with Gasteiger partial charge in [-0.15, -0.1) is 6.58 Å². The monoisotopic (exact) mass is 271 g/mol. The third-order valence-corrected chi connectivity index (χ3v) is 3.59. The lowest BCUT2D eigenvalue weighted by atomic mass is 10.3. The van der Waals surface area contributed by atoms with E-state index in [-0.39, 0.29) is 17.2 Å². The second kappa shape index (κ2) is 7.15. The molecule has 1 aromatic carbocycles. The number of benzene rings is 1. The molecule has 0 bridgehead atoms. The number of ether oxygens (including phenoxy) is 1. The molecule has 0 atom stereocenters. The topological polar surface area (TPSA) is 75.6 Å². The van der Waals surface area contributed by atoms with Gasteiger partial charge in [0.1, 0.15) is 5.75 Å². The van der Waals surface area contributed by atoms with Crippen LogP contribution in [0.15, 0.2) is 41.8 Å². The summed E-state index contributed by atoms with van der Waals surface area (Å²) in [6, 6.07) is 5.50. The minimum absolute atomic E-state index is 0.0357. The van der Waals surface area contributed by atoms with Gasteiger partial charge in [-0.2, -0.15) is 0 Å². The first kappa shape index (κ1) is 14.7. The van der Waals surface area contributed by atoms with Gasteiger partial charge in [-0.25, -0.2) is 13.1 Å². The highest BCUT2D eigenvalue weighted by molar-refractivity contribution is 7.89. The molecule has 0 aliphatic carbocycles. The Bertz CT molecular complexity index is 485. The third-order valence-electron chi connectivity index (χ3n) is 2.13. The minimum atomic E-state index is -3.59. The quantitative estimate of drug-likeness (QED) is 0.551. The van der Waals surface area contributed by atoms with E-state index in [4.69, 9.17) is 4.74 Å². The fourth-order valence-electron chi connectivity index (χ4n) is 1.25. The van der Waals surface area contributed by atoms with Crippen molar-refractivity contribution in [2.75, 3.05) is 19.8 Å². The first-order valence-electron chi connectivity index (χ1n) is 5.53. The van der Waals surface area contributed by atoms with Crippen LogP contribution in [-0.2, 0) is 14.8 Å². The van der Waals surface area contributed by atoms with Gasteiger partial charge in [0.15, 0.2) is 0 Å². The highest BCUT2D eigenvalue weighted by Crippen LogP contribution is 2.15. The first-order valence-corrected chi connectivity index (χ1v) is 7.02. The van der Waals surface area contributed by atoms with Crippen LogP contribution in [0.4, 0.5) is 0 Å². The molecule has 0 aromatic heterocycles. The molecular weight excluding hydrogens is 254 g/mol. The summed E-state index contributed by atoms with van der Waals surface area (Å²) < 4.78 is 31.1. The van der Waals surface area contributed by atoms with Crippen LogP contribution in [0.3, 0.4) is 0 Å². The highest BCUT2D eigenvalue weighted by Gasteiger charge is 2.13. The molecule has 0 aliphatic rings. The molecule has 0 radical (unpaired) electrons. The summed E-state index contributed by atoms with van der Waals surface area (Å²) in [6.45, 7) is 4.56. The van der Waals surface area contributed by atoms with Crippen molar-refractivity contribution >= 4 is 10.0 Å². The molecule has 0 heterocycles. The van der Waals surface area contributed by atoms with Crippen LogP contribution >= 0.6 is 0 Å². The smallest absolute Gasteiger partial charge is 0.240 e. The molecule has 1 aromatic rings. The Morgan fingerprint density at radius 3 is 2.83 bits per heavy atom. The molecule has 5 nitrogen and oxygen atoms in total. The largest absolute Gasteiger partial charge is 0.508 e. The van der Waals surface area contributed by atoms with Gasteiger partial charge < -0.3 is 9.84 Å². The SMILES string of the molecule is C=CCCOCCNS(=O)(=O)c1cccc(O)c1. The predicted octanol–water partition coefficient (Wildman–Crippen LogP) is 1.26. The standard InChI is InChI=1S/C12H17NO4S/c1-2-3-8-17-9-7-13-18(15,16)12-6-4-5-11(14)10-12/h2,4-6,10,13-14H,1,3,7-9H2. The lowest BCUT2D eigenvalue weighted by molar-refractivity contribution is 0.144. The molecule has 0 unspecified atom stereocenters. The van der Waals surface area contributed by atoms with Crippen LogP contribution in [0.5, 0.6) is 5.75 Å². The van der Waals surface area contributed by atoms with Crippen LogP contribution in [0, 0.1) is 0 Å². The molecule has 2 N–H and O–H groups in total. The fourth-order valence-corrected chi connectivity index (χ4v) is 2.30. The van der Waals surface area contributed by atoms with Gasteiger partial charge in [0.25, 0.3) is 0 Å². The molecule has 0 fully saturated rings. The van der Waals surface area contributed by atoms with Crippen molar-refractivity contribution in [1.82, 2.24) is 4.72 Å². The summed E-state index contributed by atoms with van der Waals surface area (Å²) in [5.41, 5.74) is 0. The Morgan fingerprint density at radius 2 is 2.17 bits per heavy atom. The maximum atomic E-state index is 11.8. The predicted molar refractivity (Wildman–Crippen MR) is 68.9 cm³/mol. The minimum Gasteiger partial charge on any atom is -0.508 e. The fraction of sp³-hybridized carbons (Fsp3) is 0.333. The van der Waals surface area contributed by atoms with E-state index in [0.29, 0.717) is 13.2 Å². The Hall–Kier alpha value is -1.37. The lowest BCUT2D eigenvalue weighted by Gasteiger charge is -2.07. The average Bonchev–Trinajstić information content (AvgIpc) is 2.33. The summed E-state index contributed by atoms with van der Waals surface area (Å²) in [6.07, 6.45) is 2.47. The zero-order chi connectivity index (χ0) is 13.4. The summed E-state index contributed by atoms with van der Waals surface area (Å²) in [5, 5.41) is 9.22. The van der Waals surface area contributed by atoms with Crippen molar-refractivity contribution in [2.24, 2.45) is 0 Å². The number of sulfonamides is 1. The number of phenols is 1. The van der Waals surface area contributed by atoms with Crippen LogP contribution in [0.25, 0.3) is 0 Å². The maximum Gasteiger partial charge on any atom is 0.240 e. The van der Waals surface area contributed by atoms with E-state index in [0.717, 1.165) is 6.42 Å². The van der Waals surface area contributed by atoms with E-state index in [2.05, 4.69) is 11.3 Å².